The number of anilines is 1. The van der Waals surface area contributed by atoms with E-state index in [9.17, 15) is 4.79 Å². The number of thiazole rings is 1. The van der Waals surface area contributed by atoms with Crippen LogP contribution in [0.2, 0.25) is 0 Å². The summed E-state index contributed by atoms with van der Waals surface area (Å²) in [7, 11) is 2.12. The number of aryl methyl sites for hydroxylation is 1. The van der Waals surface area contributed by atoms with E-state index in [1.54, 1.807) is 11.3 Å². The summed E-state index contributed by atoms with van der Waals surface area (Å²) >= 11 is 3.01. The highest BCUT2D eigenvalue weighted by Gasteiger charge is 2.25. The predicted octanol–water partition coefficient (Wildman–Crippen LogP) is 4.42. The van der Waals surface area contributed by atoms with Crippen molar-refractivity contribution in [2.45, 2.75) is 38.7 Å². The number of nitrogens with zero attached hydrogens (tertiary/aromatic N) is 4. The minimum absolute atomic E-state index is 0.116. The van der Waals surface area contributed by atoms with E-state index >= 15 is 0 Å². The second-order valence-electron chi connectivity index (χ2n) is 8.81. The maximum atomic E-state index is 12.5. The molecule has 1 aromatic carbocycles. The molecule has 1 atom stereocenters. The number of hydrogen-bond donors (Lipinski definition) is 1. The summed E-state index contributed by atoms with van der Waals surface area (Å²) in [6.07, 6.45) is 8.80. The predicted molar refractivity (Wildman–Crippen MR) is 137 cm³/mol. The van der Waals surface area contributed by atoms with Crippen LogP contribution in [0.15, 0.2) is 34.3 Å². The van der Waals surface area contributed by atoms with Gasteiger partial charge in [0.2, 0.25) is 0 Å². The van der Waals surface area contributed by atoms with Gasteiger partial charge in [0, 0.05) is 32.4 Å². The summed E-state index contributed by atoms with van der Waals surface area (Å²) in [6.45, 7) is 6.18. The van der Waals surface area contributed by atoms with Crippen LogP contribution in [0, 0.1) is 6.92 Å². The van der Waals surface area contributed by atoms with E-state index in [2.05, 4.69) is 32.1 Å². The maximum absolute atomic E-state index is 12.5. The highest BCUT2D eigenvalue weighted by Crippen LogP contribution is 2.33. The standard InChI is InChI=1S/C24H29N5O2S2/c1-16-12-17(31-18-8-11-28(2)15-18)6-7-20(16)26-23-27-22(30)21(33-23)13-19-14-25-24(32-19)29-9-4-3-5-10-29/h6-7,12-14,18H,3-5,8-11,15H2,1-2H3,(H,26,27,30)/b21-13-. The largest absolute Gasteiger partial charge is 0.489 e. The Balaban J connectivity index is 1.25. The van der Waals surface area contributed by atoms with Crippen LogP contribution in [0.5, 0.6) is 5.75 Å². The lowest BCUT2D eigenvalue weighted by atomic mass is 10.1. The Morgan fingerprint density at radius 2 is 2.09 bits per heavy atom. The van der Waals surface area contributed by atoms with Gasteiger partial charge in [-0.3, -0.25) is 4.79 Å². The Morgan fingerprint density at radius 1 is 1.24 bits per heavy atom. The second-order valence-corrected chi connectivity index (χ2v) is 10.9. The third-order valence-corrected chi connectivity index (χ3v) is 8.02. The number of benzene rings is 1. The fourth-order valence-electron chi connectivity index (χ4n) is 4.30. The smallest absolute Gasteiger partial charge is 0.264 e. The van der Waals surface area contributed by atoms with Crippen molar-refractivity contribution in [2.75, 3.05) is 38.1 Å². The fraction of sp³-hybridized carbons (Fsp3) is 0.458. The van der Waals surface area contributed by atoms with Crippen molar-refractivity contribution >= 4 is 51.1 Å². The van der Waals surface area contributed by atoms with Crippen molar-refractivity contribution in [2.24, 2.45) is 4.99 Å². The van der Waals surface area contributed by atoms with Crippen LogP contribution in [-0.2, 0) is 4.79 Å². The molecule has 0 radical (unpaired) electrons. The van der Waals surface area contributed by atoms with Gasteiger partial charge in [-0.1, -0.05) is 11.3 Å². The van der Waals surface area contributed by atoms with E-state index < -0.39 is 0 Å². The maximum Gasteiger partial charge on any atom is 0.264 e. The molecule has 174 valence electrons. The third kappa shape index (κ3) is 5.42. The molecule has 3 fully saturated rings. The van der Waals surface area contributed by atoms with Gasteiger partial charge in [-0.05, 0) is 81.3 Å². The number of nitrogens with one attached hydrogen (secondary N) is 1. The molecule has 4 heterocycles. The zero-order valence-electron chi connectivity index (χ0n) is 19.0. The monoisotopic (exact) mass is 483 g/mol. The first-order valence-electron chi connectivity index (χ1n) is 11.5. The second kappa shape index (κ2) is 9.87. The average molecular weight is 484 g/mol. The third-order valence-electron chi connectivity index (χ3n) is 6.10. The van der Waals surface area contributed by atoms with Gasteiger partial charge in [0.15, 0.2) is 10.3 Å². The molecular formula is C24H29N5O2S2. The number of aliphatic imine (C=N–C) groups is 1. The molecule has 3 aliphatic heterocycles. The number of carbonyl (C=O) groups is 1. The number of likely N-dealkylation sites (tertiary alicyclic amines) is 1. The summed E-state index contributed by atoms with van der Waals surface area (Å²) in [4.78, 5) is 28.0. The first-order chi connectivity index (χ1) is 16.0. The number of hydrogen-bond acceptors (Lipinski definition) is 8. The Morgan fingerprint density at radius 3 is 2.85 bits per heavy atom. The van der Waals surface area contributed by atoms with Gasteiger partial charge in [-0.2, -0.15) is 0 Å². The van der Waals surface area contributed by atoms with Crippen molar-refractivity contribution in [3.63, 3.8) is 0 Å². The van der Waals surface area contributed by atoms with Crippen molar-refractivity contribution in [1.29, 1.82) is 0 Å². The molecule has 0 saturated carbocycles. The molecule has 1 N–H and O–H groups in total. The normalized spacial score (nSPS) is 24.1. The molecule has 3 aliphatic rings. The first kappa shape index (κ1) is 22.4. The van der Waals surface area contributed by atoms with Gasteiger partial charge in [0.05, 0.1) is 15.5 Å². The lowest BCUT2D eigenvalue weighted by Gasteiger charge is -2.25. The molecule has 5 rings (SSSR count). The van der Waals surface area contributed by atoms with Gasteiger partial charge in [-0.15, -0.1) is 0 Å². The molecule has 33 heavy (non-hydrogen) atoms. The van der Waals surface area contributed by atoms with Crippen molar-refractivity contribution in [3.05, 3.63) is 39.7 Å². The molecular weight excluding hydrogens is 454 g/mol. The SMILES string of the molecule is Cc1cc(OC2CCN(C)C2)ccc1N=C1NC(=O)/C(=C/c2cnc(N3CCCCC3)s2)S1. The topological polar surface area (TPSA) is 70.1 Å². The quantitative estimate of drug-likeness (QED) is 0.635. The molecule has 1 aromatic heterocycles. The minimum atomic E-state index is -0.116. The first-order valence-corrected chi connectivity index (χ1v) is 13.1. The highest BCUT2D eigenvalue weighted by molar-refractivity contribution is 8.18. The van der Waals surface area contributed by atoms with Crippen molar-refractivity contribution in [3.8, 4) is 5.75 Å². The van der Waals surface area contributed by atoms with Crippen LogP contribution in [0.4, 0.5) is 10.8 Å². The van der Waals surface area contributed by atoms with E-state index in [1.165, 1.54) is 31.0 Å². The van der Waals surface area contributed by atoms with E-state index in [1.807, 2.05) is 37.4 Å². The van der Waals surface area contributed by atoms with Gasteiger partial charge >= 0.3 is 0 Å². The average Bonchev–Trinajstić information content (AvgIpc) is 3.52. The molecule has 0 spiro atoms. The van der Waals surface area contributed by atoms with Crippen LogP contribution in [0.1, 0.15) is 36.1 Å². The van der Waals surface area contributed by atoms with Crippen molar-refractivity contribution < 1.29 is 9.53 Å². The van der Waals surface area contributed by atoms with Gasteiger partial charge < -0.3 is 19.9 Å². The van der Waals surface area contributed by atoms with Crippen LogP contribution in [0.25, 0.3) is 6.08 Å². The van der Waals surface area contributed by atoms with Crippen LogP contribution < -0.4 is 15.0 Å². The number of piperidine rings is 1. The number of carbonyl (C=O) groups excluding carboxylic acids is 1. The summed E-state index contributed by atoms with van der Waals surface area (Å²) in [5, 5.41) is 4.53. The fourth-order valence-corrected chi connectivity index (χ4v) is 6.11. The number of amidine groups is 1. The summed E-state index contributed by atoms with van der Waals surface area (Å²) in [5.74, 6) is 0.754. The molecule has 1 amide bonds. The number of rotatable bonds is 5. The van der Waals surface area contributed by atoms with Gasteiger partial charge in [0.1, 0.15) is 11.9 Å². The highest BCUT2D eigenvalue weighted by atomic mass is 32.2. The Kier molecular flexibility index (Phi) is 6.71. The van der Waals surface area contributed by atoms with Crippen LogP contribution >= 0.6 is 23.1 Å². The Labute approximate surface area is 202 Å². The molecule has 0 aliphatic carbocycles. The van der Waals surface area contributed by atoms with E-state index in [0.29, 0.717) is 10.1 Å². The van der Waals surface area contributed by atoms with E-state index in [-0.39, 0.29) is 12.0 Å². The van der Waals surface area contributed by atoms with Crippen LogP contribution in [-0.4, -0.2) is 60.3 Å². The summed E-state index contributed by atoms with van der Waals surface area (Å²) in [6, 6.07) is 5.94. The zero-order chi connectivity index (χ0) is 22.8. The van der Waals surface area contributed by atoms with E-state index in [4.69, 9.17) is 4.74 Å². The number of amides is 1. The molecule has 0 bridgehead atoms. The lowest BCUT2D eigenvalue weighted by Crippen LogP contribution is -2.29. The molecule has 7 nitrogen and oxygen atoms in total. The van der Waals surface area contributed by atoms with Gasteiger partial charge in [-0.25, -0.2) is 9.98 Å². The van der Waals surface area contributed by atoms with Gasteiger partial charge in [0.25, 0.3) is 5.91 Å². The molecule has 2 aromatic rings. The molecule has 9 heteroatoms. The Bertz CT molecular complexity index is 1090. The number of aromatic nitrogens is 1. The minimum Gasteiger partial charge on any atom is -0.489 e. The van der Waals surface area contributed by atoms with Crippen molar-refractivity contribution in [1.82, 2.24) is 15.2 Å². The zero-order valence-corrected chi connectivity index (χ0v) is 20.7. The molecule has 1 unspecified atom stereocenters. The van der Waals surface area contributed by atoms with E-state index in [0.717, 1.165) is 59.6 Å². The number of likely N-dealkylation sites (N-methyl/N-ethyl adjacent to an activating group) is 1. The number of ether oxygens (including phenoxy) is 1. The Hall–Kier alpha value is -2.36. The lowest BCUT2D eigenvalue weighted by molar-refractivity contribution is -0.115. The summed E-state index contributed by atoms with van der Waals surface area (Å²) in [5.41, 5.74) is 1.85. The number of thioether (sulfide) groups is 1. The molecule has 3 saturated heterocycles. The van der Waals surface area contributed by atoms with Crippen LogP contribution in [0.3, 0.4) is 0 Å². The summed E-state index contributed by atoms with van der Waals surface area (Å²) < 4.78 is 6.12.